The summed E-state index contributed by atoms with van der Waals surface area (Å²) in [5.74, 6) is -0.351. The minimum Gasteiger partial charge on any atom is -0.472 e. The zero-order valence-electron chi connectivity index (χ0n) is 26.5. The van der Waals surface area contributed by atoms with E-state index in [0.29, 0.717) is 19.3 Å². The van der Waals surface area contributed by atoms with Crippen molar-refractivity contribution in [2.75, 3.05) is 6.54 Å². The van der Waals surface area contributed by atoms with Crippen LogP contribution in [0, 0.1) is 12.3 Å². The molecule has 0 saturated carbocycles. The third-order valence-electron chi connectivity index (χ3n) is 8.43. The lowest BCUT2D eigenvalue weighted by Gasteiger charge is -2.31. The SMILES string of the molecule is CC[C@@H]1CN(Cc2cc([C@H](CCc3cn(CC)nn3)C(C)(C)C(=O)OCc3ccccc3)sc2C)S(=O)(=O)c2cccnc2O1. The molecule has 10 nitrogen and oxygen atoms in total. The highest BCUT2D eigenvalue weighted by Gasteiger charge is 2.41. The van der Waals surface area contributed by atoms with E-state index < -0.39 is 15.4 Å². The van der Waals surface area contributed by atoms with Gasteiger partial charge in [-0.25, -0.2) is 13.4 Å². The standard InChI is InChI=1S/C33H41N5O5S2/c1-6-27-21-38(45(40,41)30-14-11-17-34-31(30)43-27)19-25-18-29(44-23(25)3)28(16-15-26-20-37(7-2)36-35-26)33(4,5)32(39)42-22-24-12-9-8-10-13-24/h8-14,17-18,20,27-28H,6-7,15-16,19,21-22H2,1-5H3/t27-,28+/m1/s1. The van der Waals surface area contributed by atoms with Crippen molar-refractivity contribution in [2.24, 2.45) is 5.41 Å². The second-order valence-electron chi connectivity index (χ2n) is 11.9. The molecule has 0 N–H and O–H groups in total. The van der Waals surface area contributed by atoms with Crippen LogP contribution < -0.4 is 4.74 Å². The van der Waals surface area contributed by atoms with E-state index in [4.69, 9.17) is 9.47 Å². The summed E-state index contributed by atoms with van der Waals surface area (Å²) in [6.07, 6.45) is 5.07. The molecule has 0 amide bonds. The highest BCUT2D eigenvalue weighted by molar-refractivity contribution is 7.89. The number of benzene rings is 1. The summed E-state index contributed by atoms with van der Waals surface area (Å²) in [7, 11) is -3.85. The highest BCUT2D eigenvalue weighted by atomic mass is 32.2. The summed E-state index contributed by atoms with van der Waals surface area (Å²) in [6, 6.07) is 14.9. The van der Waals surface area contributed by atoms with Crippen molar-refractivity contribution in [3.05, 3.63) is 87.5 Å². The maximum Gasteiger partial charge on any atom is 0.312 e. The Balaban J connectivity index is 1.43. The summed E-state index contributed by atoms with van der Waals surface area (Å²) in [4.78, 5) is 20.0. The molecule has 4 heterocycles. The van der Waals surface area contributed by atoms with Gasteiger partial charge in [-0.05, 0) is 76.3 Å². The lowest BCUT2D eigenvalue weighted by atomic mass is 9.75. The molecule has 0 saturated heterocycles. The van der Waals surface area contributed by atoms with E-state index in [0.717, 1.165) is 33.1 Å². The van der Waals surface area contributed by atoms with Crippen LogP contribution in [0.5, 0.6) is 5.88 Å². The van der Waals surface area contributed by atoms with Crippen LogP contribution in [0.4, 0.5) is 0 Å². The predicted octanol–water partition coefficient (Wildman–Crippen LogP) is 5.91. The summed E-state index contributed by atoms with van der Waals surface area (Å²) < 4.78 is 42.7. The Hall–Kier alpha value is -3.61. The van der Waals surface area contributed by atoms with Crippen molar-refractivity contribution in [1.82, 2.24) is 24.3 Å². The summed E-state index contributed by atoms with van der Waals surface area (Å²) >= 11 is 1.60. The number of carbonyl (C=O) groups is 1. The number of pyridine rings is 1. The largest absolute Gasteiger partial charge is 0.472 e. The van der Waals surface area contributed by atoms with Crippen LogP contribution in [0.25, 0.3) is 0 Å². The van der Waals surface area contributed by atoms with Crippen molar-refractivity contribution in [1.29, 1.82) is 0 Å². The summed E-state index contributed by atoms with van der Waals surface area (Å²) in [5.41, 5.74) is 1.81. The molecule has 0 bridgehead atoms. The maximum atomic E-state index is 13.8. The molecule has 0 aliphatic carbocycles. The molecular formula is C33H41N5O5S2. The first kappa shape index (κ1) is 32.8. The van der Waals surface area contributed by atoms with E-state index in [2.05, 4.69) is 21.4 Å². The van der Waals surface area contributed by atoms with Crippen LogP contribution in [0.2, 0.25) is 0 Å². The number of fused-ring (bicyclic) bond motifs is 1. The van der Waals surface area contributed by atoms with Crippen LogP contribution in [0.3, 0.4) is 0 Å². The van der Waals surface area contributed by atoms with Crippen LogP contribution in [-0.2, 0) is 45.7 Å². The number of thiophene rings is 1. The molecule has 12 heteroatoms. The fraction of sp³-hybridized carbons (Fsp3) is 0.455. The topological polar surface area (TPSA) is 117 Å². The Morgan fingerprint density at radius 1 is 1.18 bits per heavy atom. The molecule has 240 valence electrons. The number of hydrogen-bond acceptors (Lipinski definition) is 9. The van der Waals surface area contributed by atoms with E-state index in [1.54, 1.807) is 34.3 Å². The summed E-state index contributed by atoms with van der Waals surface area (Å²) in [5, 5.41) is 8.50. The van der Waals surface area contributed by atoms with E-state index in [9.17, 15) is 13.2 Å². The van der Waals surface area contributed by atoms with E-state index >= 15 is 0 Å². The van der Waals surface area contributed by atoms with Gasteiger partial charge in [0.15, 0.2) is 0 Å². The second-order valence-corrected chi connectivity index (χ2v) is 15.1. The summed E-state index contributed by atoms with van der Waals surface area (Å²) in [6.45, 7) is 11.2. The fourth-order valence-electron chi connectivity index (χ4n) is 5.56. The Morgan fingerprint density at radius 2 is 1.96 bits per heavy atom. The normalized spacial score (nSPS) is 17.2. The first-order valence-electron chi connectivity index (χ1n) is 15.3. The molecule has 5 rings (SSSR count). The molecule has 0 radical (unpaired) electrons. The van der Waals surface area contributed by atoms with Gasteiger partial charge in [0.1, 0.15) is 17.6 Å². The number of ether oxygens (including phenoxy) is 2. The van der Waals surface area contributed by atoms with Crippen molar-refractivity contribution >= 4 is 27.3 Å². The van der Waals surface area contributed by atoms with Crippen molar-refractivity contribution < 1.29 is 22.7 Å². The molecular weight excluding hydrogens is 611 g/mol. The monoisotopic (exact) mass is 651 g/mol. The van der Waals surface area contributed by atoms with Gasteiger partial charge >= 0.3 is 5.97 Å². The van der Waals surface area contributed by atoms with Crippen LogP contribution in [0.15, 0.2) is 65.8 Å². The molecule has 2 atom stereocenters. The number of aryl methyl sites for hydroxylation is 3. The average molecular weight is 652 g/mol. The minimum atomic E-state index is -3.85. The van der Waals surface area contributed by atoms with Crippen molar-refractivity contribution in [3.63, 3.8) is 0 Å². The van der Waals surface area contributed by atoms with Gasteiger partial charge in [0, 0.05) is 41.2 Å². The van der Waals surface area contributed by atoms with E-state index in [1.807, 2.05) is 71.1 Å². The van der Waals surface area contributed by atoms with E-state index in [1.165, 1.54) is 4.31 Å². The van der Waals surface area contributed by atoms with Gasteiger partial charge < -0.3 is 9.47 Å². The number of esters is 1. The molecule has 1 aromatic carbocycles. The fourth-order valence-corrected chi connectivity index (χ4v) is 8.44. The van der Waals surface area contributed by atoms with Gasteiger partial charge in [-0.15, -0.1) is 16.4 Å². The molecule has 3 aromatic heterocycles. The van der Waals surface area contributed by atoms with Crippen molar-refractivity contribution in [2.45, 2.75) is 90.5 Å². The van der Waals surface area contributed by atoms with Gasteiger partial charge in [0.05, 0.1) is 17.7 Å². The number of rotatable bonds is 12. The molecule has 0 unspecified atom stereocenters. The third kappa shape index (κ3) is 7.29. The smallest absolute Gasteiger partial charge is 0.312 e. The van der Waals surface area contributed by atoms with E-state index in [-0.39, 0.29) is 48.5 Å². The Bertz CT molecular complexity index is 1720. The molecule has 45 heavy (non-hydrogen) atoms. The predicted molar refractivity (Wildman–Crippen MR) is 172 cm³/mol. The number of carbonyl (C=O) groups excluding carboxylic acids is 1. The van der Waals surface area contributed by atoms with Crippen LogP contribution in [-0.4, -0.2) is 51.3 Å². The Labute approximate surface area is 269 Å². The number of hydrogen-bond donors (Lipinski definition) is 0. The van der Waals surface area contributed by atoms with Crippen molar-refractivity contribution in [3.8, 4) is 5.88 Å². The Kier molecular flexibility index (Phi) is 10.0. The molecule has 0 fully saturated rings. The van der Waals surface area contributed by atoms with Crippen LogP contribution in [0.1, 0.15) is 73.0 Å². The first-order valence-corrected chi connectivity index (χ1v) is 17.6. The average Bonchev–Trinajstić information content (AvgIpc) is 3.62. The maximum absolute atomic E-state index is 13.8. The zero-order valence-corrected chi connectivity index (χ0v) is 28.1. The zero-order chi connectivity index (χ0) is 32.2. The quantitative estimate of drug-likeness (QED) is 0.174. The molecule has 0 spiro atoms. The first-order chi connectivity index (χ1) is 21.5. The lowest BCUT2D eigenvalue weighted by Crippen LogP contribution is -2.36. The Morgan fingerprint density at radius 3 is 2.67 bits per heavy atom. The van der Waals surface area contributed by atoms with Gasteiger partial charge in [-0.3, -0.25) is 9.48 Å². The number of nitrogens with zero attached hydrogens (tertiary/aromatic N) is 5. The highest BCUT2D eigenvalue weighted by Crippen LogP contribution is 2.44. The third-order valence-corrected chi connectivity index (χ3v) is 11.5. The van der Waals surface area contributed by atoms with Gasteiger partial charge in [-0.1, -0.05) is 42.5 Å². The molecule has 1 aliphatic rings. The van der Waals surface area contributed by atoms with Gasteiger partial charge in [0.25, 0.3) is 0 Å². The minimum absolute atomic E-state index is 0.0781. The number of sulfonamides is 1. The lowest BCUT2D eigenvalue weighted by molar-refractivity contribution is -0.156. The molecule has 4 aromatic rings. The van der Waals surface area contributed by atoms with Crippen LogP contribution >= 0.6 is 11.3 Å². The second kappa shape index (κ2) is 13.8. The van der Waals surface area contributed by atoms with Gasteiger partial charge in [0.2, 0.25) is 15.9 Å². The van der Waals surface area contributed by atoms with Gasteiger partial charge in [-0.2, -0.15) is 4.31 Å². The number of aromatic nitrogens is 4. The molecule has 1 aliphatic heterocycles.